The Morgan fingerprint density at radius 1 is 1.50 bits per heavy atom. The van der Waals surface area contributed by atoms with Crippen LogP contribution in [0.15, 0.2) is 30.5 Å². The van der Waals surface area contributed by atoms with Gasteiger partial charge in [0, 0.05) is 19.2 Å². The number of hydrogen-bond acceptors (Lipinski definition) is 3. The quantitative estimate of drug-likeness (QED) is 0.940. The standard InChI is InChI=1S/C14H13ClN4O/c1-10-12(15)9-19(18-10)7-6-14(20)17-13-5-3-2-4-11(13)8-16/h2-5,9H,6-7H2,1H3,(H,17,20). The largest absolute Gasteiger partial charge is 0.325 e. The third kappa shape index (κ3) is 3.37. The monoisotopic (exact) mass is 288 g/mol. The van der Waals surface area contributed by atoms with Crippen molar-refractivity contribution in [3.05, 3.63) is 46.7 Å². The molecule has 0 aliphatic rings. The number of nitriles is 1. The van der Waals surface area contributed by atoms with E-state index < -0.39 is 0 Å². The number of rotatable bonds is 4. The SMILES string of the molecule is Cc1nn(CCC(=O)Nc2ccccc2C#N)cc1Cl. The average molecular weight is 289 g/mol. The Labute approximate surface area is 121 Å². The summed E-state index contributed by atoms with van der Waals surface area (Å²) in [5.74, 6) is -0.169. The number of amides is 1. The minimum absolute atomic E-state index is 0.169. The van der Waals surface area contributed by atoms with Crippen molar-refractivity contribution in [2.24, 2.45) is 0 Å². The van der Waals surface area contributed by atoms with E-state index in [0.717, 1.165) is 5.69 Å². The minimum atomic E-state index is -0.169. The number of carbonyl (C=O) groups excluding carboxylic acids is 1. The molecule has 1 heterocycles. The van der Waals surface area contributed by atoms with Crippen molar-refractivity contribution < 1.29 is 4.79 Å². The molecule has 1 amide bonds. The molecule has 0 saturated heterocycles. The molecule has 0 unspecified atom stereocenters. The van der Waals surface area contributed by atoms with Gasteiger partial charge in [0.15, 0.2) is 0 Å². The van der Waals surface area contributed by atoms with E-state index in [0.29, 0.717) is 22.8 Å². The summed E-state index contributed by atoms with van der Waals surface area (Å²) >= 11 is 5.89. The first-order valence-electron chi connectivity index (χ1n) is 6.08. The molecule has 6 heteroatoms. The van der Waals surface area contributed by atoms with E-state index in [1.165, 1.54) is 0 Å². The van der Waals surface area contributed by atoms with Gasteiger partial charge in [0.05, 0.1) is 22.0 Å². The molecule has 1 aromatic carbocycles. The van der Waals surface area contributed by atoms with Gasteiger partial charge in [-0.05, 0) is 19.1 Å². The Hall–Kier alpha value is -2.32. The second-order valence-electron chi connectivity index (χ2n) is 4.28. The average Bonchev–Trinajstić information content (AvgIpc) is 2.76. The molecule has 1 N–H and O–H groups in total. The van der Waals surface area contributed by atoms with Crippen LogP contribution in [0, 0.1) is 18.3 Å². The highest BCUT2D eigenvalue weighted by Gasteiger charge is 2.08. The van der Waals surface area contributed by atoms with Crippen LogP contribution < -0.4 is 5.32 Å². The number of para-hydroxylation sites is 1. The summed E-state index contributed by atoms with van der Waals surface area (Å²) in [5.41, 5.74) is 1.70. The Balaban J connectivity index is 1.94. The van der Waals surface area contributed by atoms with E-state index in [2.05, 4.69) is 10.4 Å². The van der Waals surface area contributed by atoms with Gasteiger partial charge in [0.2, 0.25) is 5.91 Å². The fraction of sp³-hybridized carbons (Fsp3) is 0.214. The molecule has 0 aliphatic carbocycles. The van der Waals surface area contributed by atoms with E-state index in [9.17, 15) is 4.79 Å². The Morgan fingerprint density at radius 3 is 2.90 bits per heavy atom. The van der Waals surface area contributed by atoms with Gasteiger partial charge in [-0.1, -0.05) is 23.7 Å². The van der Waals surface area contributed by atoms with Crippen molar-refractivity contribution in [3.8, 4) is 6.07 Å². The first-order valence-corrected chi connectivity index (χ1v) is 6.46. The minimum Gasteiger partial charge on any atom is -0.325 e. The van der Waals surface area contributed by atoms with Crippen LogP contribution in [0.1, 0.15) is 17.7 Å². The Kier molecular flexibility index (Phi) is 4.38. The fourth-order valence-electron chi connectivity index (χ4n) is 1.73. The van der Waals surface area contributed by atoms with Gasteiger partial charge < -0.3 is 5.32 Å². The maximum absolute atomic E-state index is 11.9. The summed E-state index contributed by atoms with van der Waals surface area (Å²) in [6.07, 6.45) is 1.95. The highest BCUT2D eigenvalue weighted by Crippen LogP contribution is 2.15. The van der Waals surface area contributed by atoms with Crippen molar-refractivity contribution in [1.82, 2.24) is 9.78 Å². The number of halogens is 1. The molecule has 0 radical (unpaired) electrons. The predicted molar refractivity (Wildman–Crippen MR) is 76.4 cm³/mol. The fourth-order valence-corrected chi connectivity index (χ4v) is 1.88. The van der Waals surface area contributed by atoms with Gasteiger partial charge >= 0.3 is 0 Å². The smallest absolute Gasteiger partial charge is 0.226 e. The van der Waals surface area contributed by atoms with Crippen LogP contribution in [0.2, 0.25) is 5.02 Å². The molecule has 1 aromatic heterocycles. The maximum Gasteiger partial charge on any atom is 0.226 e. The summed E-state index contributed by atoms with van der Waals surface area (Å²) < 4.78 is 1.63. The number of nitrogens with one attached hydrogen (secondary N) is 1. The predicted octanol–water partition coefficient (Wildman–Crippen LogP) is 2.75. The lowest BCUT2D eigenvalue weighted by Gasteiger charge is -2.06. The summed E-state index contributed by atoms with van der Waals surface area (Å²) in [7, 11) is 0. The third-order valence-corrected chi connectivity index (χ3v) is 3.15. The highest BCUT2D eigenvalue weighted by molar-refractivity contribution is 6.31. The normalized spacial score (nSPS) is 10.1. The second-order valence-corrected chi connectivity index (χ2v) is 4.69. The molecule has 0 saturated carbocycles. The Morgan fingerprint density at radius 2 is 2.25 bits per heavy atom. The van der Waals surface area contributed by atoms with E-state index in [1.54, 1.807) is 35.1 Å². The molecule has 20 heavy (non-hydrogen) atoms. The number of anilines is 1. The van der Waals surface area contributed by atoms with Crippen molar-refractivity contribution in [2.75, 3.05) is 5.32 Å². The van der Waals surface area contributed by atoms with Gasteiger partial charge in [-0.3, -0.25) is 9.48 Å². The lowest BCUT2D eigenvalue weighted by molar-refractivity contribution is -0.116. The lowest BCUT2D eigenvalue weighted by Crippen LogP contribution is -2.15. The van der Waals surface area contributed by atoms with E-state index in [4.69, 9.17) is 16.9 Å². The molecule has 0 bridgehead atoms. The lowest BCUT2D eigenvalue weighted by atomic mass is 10.2. The third-order valence-electron chi connectivity index (χ3n) is 2.78. The van der Waals surface area contributed by atoms with Crippen molar-refractivity contribution >= 4 is 23.2 Å². The van der Waals surface area contributed by atoms with Gasteiger partial charge in [-0.25, -0.2) is 0 Å². The highest BCUT2D eigenvalue weighted by atomic mass is 35.5. The van der Waals surface area contributed by atoms with Gasteiger partial charge in [-0.15, -0.1) is 0 Å². The molecular weight excluding hydrogens is 276 g/mol. The molecule has 102 valence electrons. The zero-order valence-electron chi connectivity index (χ0n) is 10.9. The summed E-state index contributed by atoms with van der Waals surface area (Å²) in [6.45, 7) is 2.25. The van der Waals surface area contributed by atoms with Crippen molar-refractivity contribution in [2.45, 2.75) is 19.9 Å². The molecule has 2 rings (SSSR count). The first kappa shape index (κ1) is 14.1. The molecule has 2 aromatic rings. The number of hydrogen-bond donors (Lipinski definition) is 1. The van der Waals surface area contributed by atoms with Gasteiger partial charge in [-0.2, -0.15) is 10.4 Å². The van der Waals surface area contributed by atoms with Crippen LogP contribution in [-0.2, 0) is 11.3 Å². The molecule has 0 atom stereocenters. The zero-order valence-corrected chi connectivity index (χ0v) is 11.7. The molecule has 0 aliphatic heterocycles. The zero-order chi connectivity index (χ0) is 14.5. The van der Waals surface area contributed by atoms with Crippen LogP contribution in [0.4, 0.5) is 5.69 Å². The molecule has 0 fully saturated rings. The van der Waals surface area contributed by atoms with E-state index in [-0.39, 0.29) is 12.3 Å². The van der Waals surface area contributed by atoms with Crippen LogP contribution in [0.25, 0.3) is 0 Å². The summed E-state index contributed by atoms with van der Waals surface area (Å²) in [5, 5.41) is 16.4. The van der Waals surface area contributed by atoms with Crippen LogP contribution in [-0.4, -0.2) is 15.7 Å². The van der Waals surface area contributed by atoms with Crippen LogP contribution in [0.3, 0.4) is 0 Å². The number of benzene rings is 1. The van der Waals surface area contributed by atoms with Crippen LogP contribution in [0.5, 0.6) is 0 Å². The number of nitrogens with zero attached hydrogens (tertiary/aromatic N) is 3. The maximum atomic E-state index is 11.9. The first-order chi connectivity index (χ1) is 9.60. The van der Waals surface area contributed by atoms with Gasteiger partial charge in [0.25, 0.3) is 0 Å². The Bertz CT molecular complexity index is 653. The number of carbonyl (C=O) groups is 1. The molecular formula is C14H13ClN4O. The van der Waals surface area contributed by atoms with Crippen molar-refractivity contribution in [3.63, 3.8) is 0 Å². The van der Waals surface area contributed by atoms with E-state index in [1.807, 2.05) is 13.0 Å². The van der Waals surface area contributed by atoms with Gasteiger partial charge in [0.1, 0.15) is 6.07 Å². The summed E-state index contributed by atoms with van der Waals surface area (Å²) in [4.78, 5) is 11.9. The second kappa shape index (κ2) is 6.22. The topological polar surface area (TPSA) is 70.7 Å². The molecule has 0 spiro atoms. The number of aromatic nitrogens is 2. The van der Waals surface area contributed by atoms with Crippen molar-refractivity contribution in [1.29, 1.82) is 5.26 Å². The van der Waals surface area contributed by atoms with Crippen LogP contribution >= 0.6 is 11.6 Å². The number of aryl methyl sites for hydroxylation is 2. The summed E-state index contributed by atoms with van der Waals surface area (Å²) in [6, 6.07) is 8.92. The molecule has 5 nitrogen and oxygen atoms in total. The van der Waals surface area contributed by atoms with E-state index >= 15 is 0 Å².